The molecule has 1 atom stereocenters. The zero-order chi connectivity index (χ0) is 12.9. The van der Waals surface area contributed by atoms with E-state index in [1.807, 2.05) is 36.7 Å². The van der Waals surface area contributed by atoms with Gasteiger partial charge in [-0.05, 0) is 29.3 Å². The van der Waals surface area contributed by atoms with Gasteiger partial charge in [0.05, 0.1) is 11.6 Å². The van der Waals surface area contributed by atoms with Gasteiger partial charge >= 0.3 is 0 Å². The van der Waals surface area contributed by atoms with Gasteiger partial charge in [-0.25, -0.2) is 0 Å². The number of hydrogen-bond donors (Lipinski definition) is 0. The van der Waals surface area contributed by atoms with Gasteiger partial charge in [-0.3, -0.25) is 9.97 Å². The van der Waals surface area contributed by atoms with E-state index in [0.29, 0.717) is 0 Å². The molecule has 19 heavy (non-hydrogen) atoms. The molecule has 1 aromatic carbocycles. The van der Waals surface area contributed by atoms with E-state index in [9.17, 15) is 0 Å². The van der Waals surface area contributed by atoms with Crippen molar-refractivity contribution in [1.29, 1.82) is 0 Å². The van der Waals surface area contributed by atoms with Crippen molar-refractivity contribution in [3.63, 3.8) is 0 Å². The third-order valence-corrected chi connectivity index (χ3v) is 3.13. The van der Waals surface area contributed by atoms with Crippen molar-refractivity contribution in [1.82, 2.24) is 9.97 Å². The summed E-state index contributed by atoms with van der Waals surface area (Å²) in [7, 11) is 0. The molecule has 2 heterocycles. The molecule has 92 valence electrons. The molecule has 0 amide bonds. The maximum atomic E-state index is 4.50. The lowest BCUT2D eigenvalue weighted by Crippen LogP contribution is -2.05. The Morgan fingerprint density at radius 1 is 0.684 bits per heavy atom. The molecule has 0 spiro atoms. The number of hydrogen-bond acceptors (Lipinski definition) is 2. The monoisotopic (exact) mass is 246 g/mol. The molecule has 1 unspecified atom stereocenters. The molecule has 0 radical (unpaired) electrons. The number of rotatable bonds is 3. The second-order valence-electron chi connectivity index (χ2n) is 4.38. The maximum Gasteiger partial charge on any atom is 0.0528 e. The highest BCUT2D eigenvalue weighted by molar-refractivity contribution is 5.38. The van der Waals surface area contributed by atoms with E-state index in [2.05, 4.69) is 46.4 Å². The van der Waals surface area contributed by atoms with Gasteiger partial charge in [0, 0.05) is 18.6 Å². The maximum absolute atomic E-state index is 4.50. The van der Waals surface area contributed by atoms with Crippen LogP contribution in [0.4, 0.5) is 0 Å². The largest absolute Gasteiger partial charge is 0.264 e. The van der Waals surface area contributed by atoms with E-state index in [4.69, 9.17) is 0 Å². The van der Waals surface area contributed by atoms with E-state index in [1.54, 1.807) is 6.20 Å². The minimum absolute atomic E-state index is 0.135. The van der Waals surface area contributed by atoms with E-state index in [-0.39, 0.29) is 5.92 Å². The summed E-state index contributed by atoms with van der Waals surface area (Å²) in [4.78, 5) is 8.73. The van der Waals surface area contributed by atoms with Crippen LogP contribution in [-0.2, 0) is 0 Å². The molecule has 3 aromatic rings. The average molecular weight is 246 g/mol. The van der Waals surface area contributed by atoms with Crippen LogP contribution in [0.15, 0.2) is 79.3 Å². The van der Waals surface area contributed by atoms with Gasteiger partial charge in [-0.15, -0.1) is 0 Å². The molecular formula is C17H14N2. The molecule has 3 rings (SSSR count). The Kier molecular flexibility index (Phi) is 3.32. The van der Waals surface area contributed by atoms with Crippen LogP contribution in [-0.4, -0.2) is 9.97 Å². The van der Waals surface area contributed by atoms with Crippen LogP contribution in [0.1, 0.15) is 22.7 Å². The first-order valence-corrected chi connectivity index (χ1v) is 6.31. The Labute approximate surface area is 112 Å². The van der Waals surface area contributed by atoms with E-state index >= 15 is 0 Å². The number of aromatic nitrogens is 2. The highest BCUT2D eigenvalue weighted by Gasteiger charge is 2.17. The second-order valence-corrected chi connectivity index (χ2v) is 4.38. The van der Waals surface area contributed by atoms with E-state index in [1.165, 1.54) is 5.56 Å². The van der Waals surface area contributed by atoms with Crippen LogP contribution >= 0.6 is 0 Å². The lowest BCUT2D eigenvalue weighted by atomic mass is 9.89. The Balaban J connectivity index is 2.12. The molecule has 2 aromatic heterocycles. The highest BCUT2D eigenvalue weighted by atomic mass is 14.7. The standard InChI is InChI=1S/C17H14N2/c1-2-7-14(8-3-1)17(15-9-6-11-18-13-15)16-10-4-5-12-19-16/h1-13,17H. The molecule has 0 N–H and O–H groups in total. The molecular weight excluding hydrogens is 232 g/mol. The summed E-state index contributed by atoms with van der Waals surface area (Å²) in [6.07, 6.45) is 5.54. The molecule has 0 aliphatic rings. The summed E-state index contributed by atoms with van der Waals surface area (Å²) in [5, 5.41) is 0. The van der Waals surface area contributed by atoms with Gasteiger partial charge in [0.1, 0.15) is 0 Å². The van der Waals surface area contributed by atoms with Gasteiger partial charge < -0.3 is 0 Å². The van der Waals surface area contributed by atoms with Crippen LogP contribution < -0.4 is 0 Å². The number of benzene rings is 1. The summed E-state index contributed by atoms with van der Waals surface area (Å²) < 4.78 is 0. The predicted molar refractivity (Wildman–Crippen MR) is 75.9 cm³/mol. The fraction of sp³-hybridized carbons (Fsp3) is 0.0588. The molecule has 0 aliphatic heterocycles. The fourth-order valence-electron chi connectivity index (χ4n) is 2.27. The van der Waals surface area contributed by atoms with Gasteiger partial charge in [0.2, 0.25) is 0 Å². The third kappa shape index (κ3) is 2.52. The first-order valence-electron chi connectivity index (χ1n) is 6.31. The predicted octanol–water partition coefficient (Wildman–Crippen LogP) is 3.66. The lowest BCUT2D eigenvalue weighted by molar-refractivity contribution is 0.909. The molecule has 0 fully saturated rings. The Morgan fingerprint density at radius 2 is 1.47 bits per heavy atom. The molecule has 2 nitrogen and oxygen atoms in total. The molecule has 2 heteroatoms. The van der Waals surface area contributed by atoms with E-state index in [0.717, 1.165) is 11.3 Å². The van der Waals surface area contributed by atoms with Crippen LogP contribution in [0.2, 0.25) is 0 Å². The van der Waals surface area contributed by atoms with Crippen molar-refractivity contribution in [2.24, 2.45) is 0 Å². The summed E-state index contributed by atoms with van der Waals surface area (Å²) in [5.74, 6) is 0.135. The SMILES string of the molecule is c1ccc(C(c2cccnc2)c2ccccn2)cc1. The smallest absolute Gasteiger partial charge is 0.0528 e. The molecule has 0 saturated carbocycles. The summed E-state index contributed by atoms with van der Waals surface area (Å²) >= 11 is 0. The van der Waals surface area contributed by atoms with Crippen molar-refractivity contribution in [3.8, 4) is 0 Å². The minimum Gasteiger partial charge on any atom is -0.264 e. The lowest BCUT2D eigenvalue weighted by Gasteiger charge is -2.17. The second kappa shape index (κ2) is 5.44. The first-order chi connectivity index (χ1) is 9.45. The zero-order valence-electron chi connectivity index (χ0n) is 10.5. The summed E-state index contributed by atoms with van der Waals surface area (Å²) in [5.41, 5.74) is 3.43. The summed E-state index contributed by atoms with van der Waals surface area (Å²) in [6, 6.07) is 20.5. The van der Waals surface area contributed by atoms with Crippen molar-refractivity contribution in [2.45, 2.75) is 5.92 Å². The molecule has 0 bridgehead atoms. The Bertz CT molecular complexity index is 527. The first kappa shape index (κ1) is 11.6. The normalized spacial score (nSPS) is 12.0. The van der Waals surface area contributed by atoms with Crippen LogP contribution in [0.3, 0.4) is 0 Å². The van der Waals surface area contributed by atoms with Crippen molar-refractivity contribution in [3.05, 3.63) is 96.1 Å². The summed E-state index contributed by atoms with van der Waals surface area (Å²) in [6.45, 7) is 0. The van der Waals surface area contributed by atoms with Crippen molar-refractivity contribution < 1.29 is 0 Å². The zero-order valence-corrected chi connectivity index (χ0v) is 10.5. The third-order valence-electron chi connectivity index (χ3n) is 3.13. The quantitative estimate of drug-likeness (QED) is 0.705. The molecule has 0 aliphatic carbocycles. The molecule has 0 saturated heterocycles. The van der Waals surface area contributed by atoms with Gasteiger partial charge in [-0.1, -0.05) is 42.5 Å². The van der Waals surface area contributed by atoms with Crippen molar-refractivity contribution >= 4 is 0 Å². The van der Waals surface area contributed by atoms with E-state index < -0.39 is 0 Å². The highest BCUT2D eigenvalue weighted by Crippen LogP contribution is 2.29. The topological polar surface area (TPSA) is 25.8 Å². The number of nitrogens with zero attached hydrogens (tertiary/aromatic N) is 2. The van der Waals surface area contributed by atoms with Gasteiger partial charge in [-0.2, -0.15) is 0 Å². The van der Waals surface area contributed by atoms with Crippen LogP contribution in [0, 0.1) is 0 Å². The van der Waals surface area contributed by atoms with Gasteiger partial charge in [0.15, 0.2) is 0 Å². The Morgan fingerprint density at radius 3 is 2.16 bits per heavy atom. The average Bonchev–Trinajstić information content (AvgIpc) is 2.51. The van der Waals surface area contributed by atoms with Crippen molar-refractivity contribution in [2.75, 3.05) is 0 Å². The van der Waals surface area contributed by atoms with Gasteiger partial charge in [0.25, 0.3) is 0 Å². The minimum atomic E-state index is 0.135. The number of pyridine rings is 2. The van der Waals surface area contributed by atoms with Crippen LogP contribution in [0.25, 0.3) is 0 Å². The fourth-order valence-corrected chi connectivity index (χ4v) is 2.27. The van der Waals surface area contributed by atoms with Crippen LogP contribution in [0.5, 0.6) is 0 Å². The Hall–Kier alpha value is -2.48.